The van der Waals surface area contributed by atoms with E-state index < -0.39 is 21.7 Å². The van der Waals surface area contributed by atoms with Crippen LogP contribution in [0.2, 0.25) is 0 Å². The molecular weight excluding hydrogens is 356 g/mol. The van der Waals surface area contributed by atoms with Gasteiger partial charge in [0.1, 0.15) is 5.82 Å². The maximum absolute atomic E-state index is 12.2. The van der Waals surface area contributed by atoms with Gasteiger partial charge in [-0.2, -0.15) is 0 Å². The Morgan fingerprint density at radius 2 is 2.00 bits per heavy atom. The van der Waals surface area contributed by atoms with Gasteiger partial charge in [0.05, 0.1) is 17.7 Å². The van der Waals surface area contributed by atoms with Crippen molar-refractivity contribution in [2.45, 2.75) is 32.9 Å². The van der Waals surface area contributed by atoms with Gasteiger partial charge in [-0.3, -0.25) is 29.3 Å². The highest BCUT2D eigenvalue weighted by Crippen LogP contribution is 2.12. The molecule has 0 saturated carbocycles. The Hall–Kier alpha value is -3.50. The molecule has 27 heavy (non-hydrogen) atoms. The number of hydrogen-bond donors (Lipinski definition) is 1. The van der Waals surface area contributed by atoms with Crippen LogP contribution < -0.4 is 16.8 Å². The Bertz CT molecular complexity index is 1200. The average molecular weight is 374 g/mol. The molecule has 3 rings (SSSR count). The van der Waals surface area contributed by atoms with Gasteiger partial charge in [0.25, 0.3) is 16.8 Å². The zero-order chi connectivity index (χ0) is 19.7. The molecule has 0 aromatic carbocycles. The van der Waals surface area contributed by atoms with Crippen LogP contribution in [0.15, 0.2) is 32.7 Å². The van der Waals surface area contributed by atoms with Crippen molar-refractivity contribution in [1.82, 2.24) is 23.7 Å². The molecule has 0 unspecified atom stereocenters. The lowest BCUT2D eigenvalue weighted by Crippen LogP contribution is -2.31. The summed E-state index contributed by atoms with van der Waals surface area (Å²) in [5.41, 5.74) is -1.35. The van der Waals surface area contributed by atoms with Gasteiger partial charge in [-0.05, 0) is 6.42 Å². The Balaban J connectivity index is 2.15. The number of fused-ring (bicyclic) bond motifs is 1. The van der Waals surface area contributed by atoms with E-state index in [-0.39, 0.29) is 23.4 Å². The van der Waals surface area contributed by atoms with Crippen LogP contribution in [0, 0.1) is 10.1 Å². The molecule has 0 saturated heterocycles. The minimum absolute atomic E-state index is 0.0763. The van der Waals surface area contributed by atoms with Crippen LogP contribution in [0.25, 0.3) is 11.2 Å². The fraction of sp³-hybridized carbons (Fsp3) is 0.375. The molecule has 0 spiro atoms. The first kappa shape index (κ1) is 18.3. The summed E-state index contributed by atoms with van der Waals surface area (Å²) in [5.74, 6) is 0.328. The number of aromatic nitrogens is 5. The monoisotopic (exact) mass is 374 g/mol. The summed E-state index contributed by atoms with van der Waals surface area (Å²) in [6, 6.07) is 2.23. The van der Waals surface area contributed by atoms with E-state index in [0.717, 1.165) is 35.7 Å². The van der Waals surface area contributed by atoms with Crippen molar-refractivity contribution in [2.24, 2.45) is 7.05 Å². The Morgan fingerprint density at radius 3 is 2.67 bits per heavy atom. The lowest BCUT2D eigenvalue weighted by Gasteiger charge is -2.05. The van der Waals surface area contributed by atoms with Gasteiger partial charge < -0.3 is 9.13 Å². The Morgan fingerprint density at radius 1 is 1.26 bits per heavy atom. The average Bonchev–Trinajstić information content (AvgIpc) is 2.93. The molecule has 0 aliphatic heterocycles. The number of aromatic amines is 1. The fourth-order valence-corrected chi connectivity index (χ4v) is 2.86. The van der Waals surface area contributed by atoms with Crippen molar-refractivity contribution in [3.63, 3.8) is 0 Å². The van der Waals surface area contributed by atoms with Crippen LogP contribution in [0.4, 0.5) is 5.69 Å². The number of H-pyrrole nitrogens is 1. The maximum Gasteiger partial charge on any atom is 0.330 e. The van der Waals surface area contributed by atoms with Gasteiger partial charge >= 0.3 is 5.69 Å². The quantitative estimate of drug-likeness (QED) is 0.488. The van der Waals surface area contributed by atoms with Crippen molar-refractivity contribution < 1.29 is 4.92 Å². The molecule has 3 aromatic rings. The van der Waals surface area contributed by atoms with E-state index >= 15 is 0 Å². The molecule has 0 amide bonds. The first-order valence-electron chi connectivity index (χ1n) is 8.36. The van der Waals surface area contributed by atoms with Gasteiger partial charge in [0.15, 0.2) is 11.2 Å². The molecule has 0 atom stereocenters. The van der Waals surface area contributed by atoms with Crippen LogP contribution in [-0.2, 0) is 20.1 Å². The van der Waals surface area contributed by atoms with E-state index in [2.05, 4.69) is 9.97 Å². The van der Waals surface area contributed by atoms with E-state index in [1.165, 1.54) is 9.13 Å². The predicted octanol–water partition coefficient (Wildman–Crippen LogP) is 0.342. The topological polar surface area (TPSA) is 138 Å². The fourth-order valence-electron chi connectivity index (χ4n) is 2.86. The first-order valence-corrected chi connectivity index (χ1v) is 8.36. The third-order valence-corrected chi connectivity index (χ3v) is 4.33. The zero-order valence-corrected chi connectivity index (χ0v) is 14.8. The SMILES string of the molecule is CCCCn1c(=O)[nH]c(=O)c2c1nc(Cn1cc([N+](=O)[O-])ccc1=O)n2C. The highest BCUT2D eigenvalue weighted by molar-refractivity contribution is 5.70. The van der Waals surface area contributed by atoms with Gasteiger partial charge in [-0.25, -0.2) is 9.78 Å². The second-order valence-electron chi connectivity index (χ2n) is 6.13. The summed E-state index contributed by atoms with van der Waals surface area (Å²) in [5, 5.41) is 10.9. The molecule has 11 nitrogen and oxygen atoms in total. The number of pyridine rings is 1. The minimum atomic E-state index is -0.599. The van der Waals surface area contributed by atoms with E-state index in [0.29, 0.717) is 12.4 Å². The van der Waals surface area contributed by atoms with Crippen molar-refractivity contribution in [3.05, 3.63) is 65.5 Å². The highest BCUT2D eigenvalue weighted by Gasteiger charge is 2.17. The molecule has 0 radical (unpaired) electrons. The Kier molecular flexibility index (Phi) is 4.75. The molecule has 0 fully saturated rings. The lowest BCUT2D eigenvalue weighted by molar-refractivity contribution is -0.385. The summed E-state index contributed by atoms with van der Waals surface area (Å²) in [7, 11) is 1.59. The smallest absolute Gasteiger partial charge is 0.324 e. The second kappa shape index (κ2) is 7.02. The molecule has 0 aliphatic rings. The standard InChI is InChI=1S/C16H18N6O5/c1-3-4-7-21-14-13(15(24)18-16(21)25)19(2)11(17-14)9-20-8-10(22(26)27)5-6-12(20)23/h5-6,8H,3-4,7,9H2,1-2H3,(H,18,24,25). The number of aryl methyl sites for hydroxylation is 2. The number of rotatable bonds is 6. The van der Waals surface area contributed by atoms with E-state index in [9.17, 15) is 24.5 Å². The van der Waals surface area contributed by atoms with Gasteiger partial charge in [0, 0.05) is 25.7 Å². The van der Waals surface area contributed by atoms with Crippen molar-refractivity contribution in [2.75, 3.05) is 0 Å². The van der Waals surface area contributed by atoms with Gasteiger partial charge in [0.2, 0.25) is 0 Å². The maximum atomic E-state index is 12.2. The normalized spacial score (nSPS) is 11.2. The third-order valence-electron chi connectivity index (χ3n) is 4.33. The van der Waals surface area contributed by atoms with Crippen LogP contribution >= 0.6 is 0 Å². The van der Waals surface area contributed by atoms with Gasteiger partial charge in [-0.15, -0.1) is 0 Å². The summed E-state index contributed by atoms with van der Waals surface area (Å²) >= 11 is 0. The zero-order valence-electron chi connectivity index (χ0n) is 14.8. The van der Waals surface area contributed by atoms with Gasteiger partial charge in [-0.1, -0.05) is 13.3 Å². The summed E-state index contributed by atoms with van der Waals surface area (Å²) in [6.45, 7) is 2.30. The van der Waals surface area contributed by atoms with E-state index in [1.54, 1.807) is 7.05 Å². The molecule has 0 bridgehead atoms. The van der Waals surface area contributed by atoms with Crippen LogP contribution in [-0.4, -0.2) is 28.6 Å². The summed E-state index contributed by atoms with van der Waals surface area (Å²) < 4.78 is 4.02. The molecular formula is C16H18N6O5. The molecule has 142 valence electrons. The van der Waals surface area contributed by atoms with Crippen molar-refractivity contribution in [3.8, 4) is 0 Å². The second-order valence-corrected chi connectivity index (χ2v) is 6.13. The molecule has 0 aliphatic carbocycles. The Labute approximate surface area is 151 Å². The minimum Gasteiger partial charge on any atom is -0.324 e. The summed E-state index contributed by atoms with van der Waals surface area (Å²) in [4.78, 5) is 53.4. The van der Waals surface area contributed by atoms with E-state index in [4.69, 9.17) is 0 Å². The molecule has 1 N–H and O–H groups in total. The van der Waals surface area contributed by atoms with Crippen molar-refractivity contribution >= 4 is 16.9 Å². The highest BCUT2D eigenvalue weighted by atomic mass is 16.6. The predicted molar refractivity (Wildman–Crippen MR) is 97.0 cm³/mol. The van der Waals surface area contributed by atoms with E-state index in [1.807, 2.05) is 6.92 Å². The largest absolute Gasteiger partial charge is 0.330 e. The number of unbranched alkanes of at least 4 members (excludes halogenated alkanes) is 1. The first-order chi connectivity index (χ1) is 12.8. The number of nitrogens with zero attached hydrogens (tertiary/aromatic N) is 5. The van der Waals surface area contributed by atoms with Crippen LogP contribution in [0.5, 0.6) is 0 Å². The third kappa shape index (κ3) is 3.30. The molecule has 3 aromatic heterocycles. The van der Waals surface area contributed by atoms with Crippen molar-refractivity contribution in [1.29, 1.82) is 0 Å². The molecule has 3 heterocycles. The van der Waals surface area contributed by atoms with Crippen LogP contribution in [0.3, 0.4) is 0 Å². The lowest BCUT2D eigenvalue weighted by atomic mass is 10.3. The van der Waals surface area contributed by atoms with Crippen LogP contribution in [0.1, 0.15) is 25.6 Å². The number of nitro groups is 1. The summed E-state index contributed by atoms with van der Waals surface area (Å²) in [6.07, 6.45) is 2.71. The number of nitrogens with one attached hydrogen (secondary N) is 1. The number of imidazole rings is 1. The number of hydrogen-bond acceptors (Lipinski definition) is 6. The molecule has 11 heteroatoms.